The summed E-state index contributed by atoms with van der Waals surface area (Å²) < 4.78 is 27.9. The van der Waals surface area contributed by atoms with Crippen molar-refractivity contribution in [3.05, 3.63) is 261 Å². The second-order valence-electron chi connectivity index (χ2n) is 18.4. The van der Waals surface area contributed by atoms with E-state index in [1.807, 2.05) is 73.1 Å². The quantitative estimate of drug-likeness (QED) is 0.128. The minimum absolute atomic E-state index is 0. The number of pyridine rings is 3. The fraction of sp³-hybridized carbons (Fsp3) is 0.0597. The Morgan fingerprint density at radius 1 is 0.352 bits per heavy atom. The molecule has 4 heteroatoms. The van der Waals surface area contributed by atoms with Crippen molar-refractivity contribution in [1.82, 2.24) is 15.0 Å². The molecular weight excluding hydrogens is 1040 g/mol. The predicted molar refractivity (Wildman–Crippen MR) is 289 cm³/mol. The third kappa shape index (κ3) is 10.0. The summed E-state index contributed by atoms with van der Waals surface area (Å²) in [5.41, 5.74) is 18.7. The van der Waals surface area contributed by atoms with Crippen LogP contribution in [-0.2, 0) is 25.5 Å². The topological polar surface area (TPSA) is 38.7 Å². The number of hydrogen-bond donors (Lipinski definition) is 0. The molecule has 0 saturated carbocycles. The molecule has 0 fully saturated rings. The molecule has 0 unspecified atom stereocenters. The third-order valence-electron chi connectivity index (χ3n) is 12.8. The largest absolute Gasteiger partial charge is 3.00 e. The Labute approximate surface area is 435 Å². The molecule has 0 radical (unpaired) electrons. The van der Waals surface area contributed by atoms with Gasteiger partial charge in [0.05, 0.1) is 0 Å². The maximum absolute atomic E-state index is 9.38. The first-order valence-electron chi connectivity index (χ1n) is 25.0. The monoisotopic (exact) mass is 1090 g/mol. The van der Waals surface area contributed by atoms with Crippen LogP contribution in [0.15, 0.2) is 237 Å². The van der Waals surface area contributed by atoms with Gasteiger partial charge in [-0.1, -0.05) is 182 Å². The molecule has 0 spiro atoms. The van der Waals surface area contributed by atoms with Gasteiger partial charge in [0.2, 0.25) is 0 Å². The molecule has 3 heterocycles. The van der Waals surface area contributed by atoms with Crippen molar-refractivity contribution in [2.45, 2.75) is 26.2 Å². The fourth-order valence-electron chi connectivity index (χ4n) is 9.04. The van der Waals surface area contributed by atoms with Crippen LogP contribution in [0.3, 0.4) is 0 Å². The zero-order valence-electron chi connectivity index (χ0n) is 42.5. The van der Waals surface area contributed by atoms with Crippen molar-refractivity contribution in [2.75, 3.05) is 0 Å². The van der Waals surface area contributed by atoms with E-state index in [2.05, 4.69) is 171 Å². The van der Waals surface area contributed by atoms with Crippen LogP contribution in [0.5, 0.6) is 0 Å². The van der Waals surface area contributed by atoms with Crippen molar-refractivity contribution in [1.29, 1.82) is 0 Å². The number of aromatic nitrogens is 3. The second-order valence-corrected chi connectivity index (χ2v) is 18.4. The molecule has 11 rings (SSSR count). The van der Waals surface area contributed by atoms with Gasteiger partial charge >= 0.3 is 20.1 Å². The fourth-order valence-corrected chi connectivity index (χ4v) is 9.04. The smallest absolute Gasteiger partial charge is 0.305 e. The Bertz CT molecular complexity index is 3800. The van der Waals surface area contributed by atoms with E-state index in [0.717, 1.165) is 89.3 Å². The average Bonchev–Trinajstić information content (AvgIpc) is 3.45. The SMILES string of the molecule is [2H]c1[c-]c(-c2ccccn2)c([2H])c([2H])c1-c1ccccc1-c1cc(-c2ccccc2-c2c[c-]c(-c3cc(-c4ccccc4)ccn3)cc2)cc(-c2ccccc2-c2c[c-]c(-c3cc(C(C)(C)C)ccn3)cc2)c1.[Ir+3]. The summed E-state index contributed by atoms with van der Waals surface area (Å²) in [6.45, 7) is 6.63. The Kier molecular flexibility index (Phi) is 12.4. The van der Waals surface area contributed by atoms with Crippen LogP contribution in [0.1, 0.15) is 30.4 Å². The normalized spacial score (nSPS) is 11.8. The first kappa shape index (κ1) is 42.9. The molecule has 0 aliphatic heterocycles. The molecule has 3 aromatic heterocycles. The molecule has 0 atom stereocenters. The zero-order valence-corrected chi connectivity index (χ0v) is 41.9. The van der Waals surface area contributed by atoms with Crippen LogP contribution in [0, 0.1) is 18.2 Å². The summed E-state index contributed by atoms with van der Waals surface area (Å²) in [5, 5.41) is 0. The second kappa shape index (κ2) is 20.4. The van der Waals surface area contributed by atoms with Gasteiger partial charge in [-0.25, -0.2) is 0 Å². The molecule has 0 bridgehead atoms. The first-order chi connectivity index (χ1) is 35.6. The maximum Gasteiger partial charge on any atom is 3.00 e. The van der Waals surface area contributed by atoms with Crippen molar-refractivity contribution in [3.63, 3.8) is 0 Å². The number of hydrogen-bond acceptors (Lipinski definition) is 3. The van der Waals surface area contributed by atoms with Crippen LogP contribution in [0.2, 0.25) is 0 Å². The van der Waals surface area contributed by atoms with Gasteiger partial charge in [-0.15, -0.1) is 89.4 Å². The van der Waals surface area contributed by atoms with Crippen LogP contribution in [-0.4, -0.2) is 15.0 Å². The average molecular weight is 1090 g/mol. The minimum atomic E-state index is -0.0503. The van der Waals surface area contributed by atoms with Crippen LogP contribution in [0.25, 0.3) is 112 Å². The molecule has 0 saturated heterocycles. The molecule has 0 aliphatic carbocycles. The van der Waals surface area contributed by atoms with Gasteiger partial charge in [0.15, 0.2) is 0 Å². The molecule has 3 nitrogen and oxygen atoms in total. The van der Waals surface area contributed by atoms with E-state index < -0.39 is 0 Å². The summed E-state index contributed by atoms with van der Waals surface area (Å²) in [6.07, 6.45) is 5.38. The summed E-state index contributed by atoms with van der Waals surface area (Å²) in [4.78, 5) is 13.9. The number of benzene rings is 8. The molecule has 0 N–H and O–H groups in total. The zero-order chi connectivity index (χ0) is 50.1. The van der Waals surface area contributed by atoms with Gasteiger partial charge < -0.3 is 15.0 Å². The van der Waals surface area contributed by atoms with Crippen molar-refractivity contribution >= 4 is 0 Å². The molecule has 8 aromatic carbocycles. The van der Waals surface area contributed by atoms with Crippen LogP contribution in [0.4, 0.5) is 0 Å². The van der Waals surface area contributed by atoms with Crippen LogP contribution >= 0.6 is 0 Å². The number of nitrogens with zero attached hydrogens (tertiary/aromatic N) is 3. The van der Waals surface area contributed by atoms with Crippen molar-refractivity contribution in [3.8, 4) is 112 Å². The van der Waals surface area contributed by atoms with Gasteiger partial charge in [-0.05, 0) is 110 Å². The van der Waals surface area contributed by atoms with Gasteiger partial charge in [0.25, 0.3) is 0 Å². The van der Waals surface area contributed by atoms with E-state index in [1.54, 1.807) is 18.3 Å². The van der Waals surface area contributed by atoms with Gasteiger partial charge in [-0.2, -0.15) is 0 Å². The Morgan fingerprint density at radius 3 is 1.34 bits per heavy atom. The summed E-state index contributed by atoms with van der Waals surface area (Å²) in [6, 6.07) is 78.3. The van der Waals surface area contributed by atoms with Gasteiger partial charge in [0.1, 0.15) is 0 Å². The summed E-state index contributed by atoms with van der Waals surface area (Å²) >= 11 is 0. The van der Waals surface area contributed by atoms with E-state index in [1.165, 1.54) is 5.56 Å². The standard InChI is InChI=1S/C67H48N3.Ir/c1-67(2,3)57-37-40-70-66(45-57)52-34-28-49(29-35-52)60-19-9-12-22-63(60)56-42-54(61-20-10-7-17-58(61)47-24-30-50(31-25-47)64-23-13-14-38-68-64)41-55(43-56)62-21-11-8-18-59(62)48-26-32-51(33-27-48)65-44-53(36-39-69-65)46-15-5-4-6-16-46;/h4-30,32,34,36-45H,1-3H3;/q-3;+3/i24D,25D,30D;. The molecule has 340 valence electrons. The maximum atomic E-state index is 9.38. The van der Waals surface area contributed by atoms with E-state index >= 15 is 0 Å². The summed E-state index contributed by atoms with van der Waals surface area (Å²) in [5.74, 6) is 0. The van der Waals surface area contributed by atoms with E-state index in [-0.39, 0.29) is 43.6 Å². The van der Waals surface area contributed by atoms with E-state index in [4.69, 9.17) is 11.3 Å². The van der Waals surface area contributed by atoms with Crippen molar-refractivity contribution in [2.24, 2.45) is 0 Å². The molecule has 71 heavy (non-hydrogen) atoms. The minimum Gasteiger partial charge on any atom is -0.305 e. The summed E-state index contributed by atoms with van der Waals surface area (Å²) in [7, 11) is 0. The third-order valence-corrected chi connectivity index (χ3v) is 12.8. The molecular formula is C67H48IrN3. The molecule has 0 amide bonds. The first-order valence-corrected chi connectivity index (χ1v) is 23.5. The number of rotatable bonds is 10. The predicted octanol–water partition coefficient (Wildman–Crippen LogP) is 17.2. The molecule has 11 aromatic rings. The van der Waals surface area contributed by atoms with Crippen LogP contribution < -0.4 is 0 Å². The van der Waals surface area contributed by atoms with E-state index in [9.17, 15) is 2.74 Å². The van der Waals surface area contributed by atoms with E-state index in [0.29, 0.717) is 22.4 Å². The molecule has 0 aliphatic rings. The Morgan fingerprint density at radius 2 is 0.831 bits per heavy atom. The Balaban J connectivity index is 0.00000626. The van der Waals surface area contributed by atoms with Gasteiger partial charge in [-0.3, -0.25) is 0 Å². The van der Waals surface area contributed by atoms with Gasteiger partial charge in [0, 0.05) is 21.3 Å². The van der Waals surface area contributed by atoms with Crippen molar-refractivity contribution < 1.29 is 24.2 Å². The Hall–Kier alpha value is -8.14.